The lowest BCUT2D eigenvalue weighted by atomic mass is 10.1. The van der Waals surface area contributed by atoms with Crippen LogP contribution in [0.15, 0.2) is 0 Å². The smallest absolute Gasteiger partial charge is 0.240 e. The average molecular weight is 336 g/mol. The molecule has 2 rings (SSSR count). The molecule has 0 radical (unpaired) electrons. The van der Waals surface area contributed by atoms with Crippen LogP contribution in [-0.2, 0) is 19.1 Å². The molecule has 2 aliphatic rings. The van der Waals surface area contributed by atoms with E-state index in [0.29, 0.717) is 32.8 Å². The van der Waals surface area contributed by atoms with Gasteiger partial charge in [0.25, 0.3) is 0 Å². The maximum Gasteiger partial charge on any atom is 0.240 e. The highest BCUT2D eigenvalue weighted by atomic mass is 35.5. The number of nitrogens with zero attached hydrogens (tertiary/aromatic N) is 1. The molecule has 0 aromatic carbocycles. The zero-order chi connectivity index (χ0) is 15.1. The Morgan fingerprint density at radius 3 is 3.05 bits per heavy atom. The summed E-state index contributed by atoms with van der Waals surface area (Å²) in [5.41, 5.74) is 0. The second-order valence-corrected chi connectivity index (χ2v) is 5.47. The summed E-state index contributed by atoms with van der Waals surface area (Å²) in [4.78, 5) is 26.0. The van der Waals surface area contributed by atoms with Gasteiger partial charge in [0.1, 0.15) is 0 Å². The fourth-order valence-electron chi connectivity index (χ4n) is 2.72. The van der Waals surface area contributed by atoms with Crippen molar-refractivity contribution in [3.63, 3.8) is 0 Å². The summed E-state index contributed by atoms with van der Waals surface area (Å²) in [5, 5.41) is 5.86. The highest BCUT2D eigenvalue weighted by Crippen LogP contribution is 2.15. The van der Waals surface area contributed by atoms with Crippen LogP contribution in [-0.4, -0.2) is 75.4 Å². The lowest BCUT2D eigenvalue weighted by Crippen LogP contribution is -2.57. The van der Waals surface area contributed by atoms with Crippen molar-refractivity contribution >= 4 is 24.2 Å². The first-order chi connectivity index (χ1) is 10.2. The maximum atomic E-state index is 12.4. The van der Waals surface area contributed by atoms with Crippen LogP contribution in [0.4, 0.5) is 0 Å². The van der Waals surface area contributed by atoms with E-state index in [1.54, 1.807) is 7.11 Å². The van der Waals surface area contributed by atoms with E-state index in [2.05, 4.69) is 10.6 Å². The standard InChI is InChI=1S/C14H25N3O4.ClH/c1-20-8-5-16-13(18)9-12-14(19)17(6-4-15-12)10-11-3-2-7-21-11;/h11-12,15H,2-10H2,1H3,(H,16,18);1H. The van der Waals surface area contributed by atoms with E-state index in [0.717, 1.165) is 19.4 Å². The molecular formula is C14H26ClN3O4. The molecule has 8 heteroatoms. The SMILES string of the molecule is COCCNC(=O)CC1NCCN(CC2CCCO2)C1=O.Cl. The topological polar surface area (TPSA) is 79.9 Å². The van der Waals surface area contributed by atoms with Gasteiger partial charge in [-0.05, 0) is 12.8 Å². The van der Waals surface area contributed by atoms with Crippen molar-refractivity contribution < 1.29 is 19.1 Å². The Kier molecular flexibility index (Phi) is 8.70. The molecule has 2 heterocycles. The van der Waals surface area contributed by atoms with Gasteiger partial charge in [-0.1, -0.05) is 0 Å². The fraction of sp³-hybridized carbons (Fsp3) is 0.857. The largest absolute Gasteiger partial charge is 0.383 e. The number of rotatable bonds is 7. The van der Waals surface area contributed by atoms with E-state index in [-0.39, 0.29) is 36.7 Å². The number of methoxy groups -OCH3 is 1. The van der Waals surface area contributed by atoms with Crippen molar-refractivity contribution in [3.8, 4) is 0 Å². The molecule has 2 atom stereocenters. The molecule has 128 valence electrons. The van der Waals surface area contributed by atoms with Crippen LogP contribution in [0, 0.1) is 0 Å². The third-order valence-corrected chi connectivity index (χ3v) is 3.85. The second-order valence-electron chi connectivity index (χ2n) is 5.47. The van der Waals surface area contributed by atoms with Gasteiger partial charge in [0.05, 0.1) is 25.2 Å². The van der Waals surface area contributed by atoms with Crippen LogP contribution in [0.25, 0.3) is 0 Å². The van der Waals surface area contributed by atoms with Gasteiger partial charge in [0.15, 0.2) is 0 Å². The van der Waals surface area contributed by atoms with Crippen LogP contribution in [0.5, 0.6) is 0 Å². The quantitative estimate of drug-likeness (QED) is 0.615. The number of carbonyl (C=O) groups excluding carboxylic acids is 2. The van der Waals surface area contributed by atoms with Crippen molar-refractivity contribution in [2.45, 2.75) is 31.4 Å². The van der Waals surface area contributed by atoms with Gasteiger partial charge in [0.2, 0.25) is 11.8 Å². The van der Waals surface area contributed by atoms with E-state index in [1.807, 2.05) is 4.90 Å². The number of ether oxygens (including phenoxy) is 2. The van der Waals surface area contributed by atoms with E-state index in [4.69, 9.17) is 9.47 Å². The first-order valence-electron chi connectivity index (χ1n) is 7.60. The summed E-state index contributed by atoms with van der Waals surface area (Å²) in [6, 6.07) is -0.428. The molecule has 2 aliphatic heterocycles. The monoisotopic (exact) mass is 335 g/mol. The maximum absolute atomic E-state index is 12.4. The van der Waals surface area contributed by atoms with Crippen molar-refractivity contribution in [2.75, 3.05) is 46.5 Å². The van der Waals surface area contributed by atoms with Crippen molar-refractivity contribution in [1.29, 1.82) is 0 Å². The van der Waals surface area contributed by atoms with Crippen LogP contribution in [0.2, 0.25) is 0 Å². The lowest BCUT2D eigenvalue weighted by Gasteiger charge is -2.34. The predicted molar refractivity (Wildman–Crippen MR) is 84.1 cm³/mol. The Morgan fingerprint density at radius 2 is 2.36 bits per heavy atom. The number of piperazine rings is 1. The van der Waals surface area contributed by atoms with Gasteiger partial charge in [-0.3, -0.25) is 9.59 Å². The van der Waals surface area contributed by atoms with Gasteiger partial charge in [-0.2, -0.15) is 0 Å². The summed E-state index contributed by atoms with van der Waals surface area (Å²) in [7, 11) is 1.58. The fourth-order valence-corrected chi connectivity index (χ4v) is 2.72. The van der Waals surface area contributed by atoms with E-state index in [9.17, 15) is 9.59 Å². The van der Waals surface area contributed by atoms with Gasteiger partial charge in [-0.15, -0.1) is 12.4 Å². The van der Waals surface area contributed by atoms with E-state index >= 15 is 0 Å². The minimum atomic E-state index is -0.428. The third-order valence-electron chi connectivity index (χ3n) is 3.85. The number of hydrogen-bond donors (Lipinski definition) is 2. The summed E-state index contributed by atoms with van der Waals surface area (Å²) in [6.45, 7) is 3.77. The molecule has 7 nitrogen and oxygen atoms in total. The number of hydrogen-bond acceptors (Lipinski definition) is 5. The molecular weight excluding hydrogens is 310 g/mol. The van der Waals surface area contributed by atoms with Gasteiger partial charge < -0.3 is 25.0 Å². The van der Waals surface area contributed by atoms with Crippen LogP contribution in [0.3, 0.4) is 0 Å². The normalized spacial score (nSPS) is 25.0. The zero-order valence-corrected chi connectivity index (χ0v) is 13.8. The molecule has 0 bridgehead atoms. The molecule has 2 saturated heterocycles. The molecule has 0 saturated carbocycles. The Labute approximate surface area is 137 Å². The molecule has 2 N–H and O–H groups in total. The van der Waals surface area contributed by atoms with Crippen molar-refractivity contribution in [3.05, 3.63) is 0 Å². The Balaban J connectivity index is 0.00000242. The summed E-state index contributed by atoms with van der Waals surface area (Å²) < 4.78 is 10.5. The second kappa shape index (κ2) is 9.99. The molecule has 0 spiro atoms. The molecule has 0 aromatic heterocycles. The lowest BCUT2D eigenvalue weighted by molar-refractivity contribution is -0.139. The van der Waals surface area contributed by atoms with Crippen LogP contribution in [0.1, 0.15) is 19.3 Å². The number of nitrogens with one attached hydrogen (secondary N) is 2. The average Bonchev–Trinajstić information content (AvgIpc) is 2.96. The Bertz CT molecular complexity index is 364. The predicted octanol–water partition coefficient (Wildman–Crippen LogP) is -0.460. The van der Waals surface area contributed by atoms with Gasteiger partial charge >= 0.3 is 0 Å². The van der Waals surface area contributed by atoms with Crippen molar-refractivity contribution in [2.24, 2.45) is 0 Å². The molecule has 2 amide bonds. The molecule has 0 aliphatic carbocycles. The van der Waals surface area contributed by atoms with Gasteiger partial charge in [0, 0.05) is 39.9 Å². The number of carbonyl (C=O) groups is 2. The third kappa shape index (κ3) is 5.72. The zero-order valence-electron chi connectivity index (χ0n) is 13.0. The molecule has 22 heavy (non-hydrogen) atoms. The van der Waals surface area contributed by atoms with Crippen LogP contribution < -0.4 is 10.6 Å². The number of halogens is 1. The summed E-state index contributed by atoms with van der Waals surface area (Å²) >= 11 is 0. The van der Waals surface area contributed by atoms with E-state index < -0.39 is 6.04 Å². The van der Waals surface area contributed by atoms with Crippen LogP contribution >= 0.6 is 12.4 Å². The molecule has 2 unspecified atom stereocenters. The Morgan fingerprint density at radius 1 is 1.55 bits per heavy atom. The van der Waals surface area contributed by atoms with E-state index in [1.165, 1.54) is 0 Å². The highest BCUT2D eigenvalue weighted by Gasteiger charge is 2.32. The minimum Gasteiger partial charge on any atom is -0.383 e. The Hall–Kier alpha value is -0.890. The molecule has 0 aromatic rings. The first-order valence-corrected chi connectivity index (χ1v) is 7.60. The first kappa shape index (κ1) is 19.2. The number of amides is 2. The highest BCUT2D eigenvalue weighted by molar-refractivity contribution is 5.88. The summed E-state index contributed by atoms with van der Waals surface area (Å²) in [5.74, 6) is -0.129. The van der Waals surface area contributed by atoms with Gasteiger partial charge in [-0.25, -0.2) is 0 Å². The van der Waals surface area contributed by atoms with Crippen molar-refractivity contribution in [1.82, 2.24) is 15.5 Å². The summed E-state index contributed by atoms with van der Waals surface area (Å²) in [6.07, 6.45) is 2.41. The molecule has 2 fully saturated rings. The minimum absolute atomic E-state index is 0.